The molecule has 1 amide bonds. The summed E-state index contributed by atoms with van der Waals surface area (Å²) in [5, 5.41) is 4.04. The van der Waals surface area contributed by atoms with E-state index >= 15 is 0 Å². The van der Waals surface area contributed by atoms with Crippen LogP contribution in [0.4, 0.5) is 0 Å². The maximum atomic E-state index is 12.5. The maximum absolute atomic E-state index is 12.5. The minimum atomic E-state index is 0.102. The summed E-state index contributed by atoms with van der Waals surface area (Å²) < 4.78 is 5.83. The van der Waals surface area contributed by atoms with Crippen LogP contribution in [0, 0.1) is 5.92 Å². The molecule has 0 aliphatic carbocycles. The van der Waals surface area contributed by atoms with Crippen LogP contribution in [-0.2, 0) is 4.74 Å². The maximum Gasteiger partial charge on any atom is 0.253 e. The fourth-order valence-corrected chi connectivity index (χ4v) is 3.24. The van der Waals surface area contributed by atoms with Crippen molar-refractivity contribution in [2.45, 2.75) is 32.1 Å². The molecule has 0 bridgehead atoms. The molecule has 0 aromatic heterocycles. The number of nitrogens with one attached hydrogen (secondary N) is 1. The summed E-state index contributed by atoms with van der Waals surface area (Å²) in [5.41, 5.74) is 0.714. The minimum Gasteiger partial charge on any atom is -0.381 e. The lowest BCUT2D eigenvalue weighted by molar-refractivity contribution is 0.0516. The van der Waals surface area contributed by atoms with E-state index < -0.39 is 0 Å². The monoisotopic (exact) mass is 378 g/mol. The third kappa shape index (κ3) is 7.48. The number of hydrogen-bond donors (Lipinski definition) is 1. The number of carbonyl (C=O) groups is 1. The zero-order valence-corrected chi connectivity index (χ0v) is 16.3. The lowest BCUT2D eigenvalue weighted by atomic mass is 9.97. The van der Waals surface area contributed by atoms with Crippen molar-refractivity contribution in [3.05, 3.63) is 47.5 Å². The molecule has 0 radical (unpaired) electrons. The number of amides is 1. The normalized spacial score (nSPS) is 15.2. The third-order valence-corrected chi connectivity index (χ3v) is 5.02. The number of unbranched alkanes of at least 4 members (excludes halogenated alkanes) is 1. The number of rotatable bonds is 11. The lowest BCUT2D eigenvalue weighted by Crippen LogP contribution is -2.39. The van der Waals surface area contributed by atoms with Gasteiger partial charge in [0.15, 0.2) is 0 Å². The topological polar surface area (TPSA) is 41.6 Å². The molecule has 1 aliphatic heterocycles. The van der Waals surface area contributed by atoms with Gasteiger partial charge in [-0.25, -0.2) is 0 Å². The van der Waals surface area contributed by atoms with Gasteiger partial charge >= 0.3 is 0 Å². The van der Waals surface area contributed by atoms with E-state index in [-0.39, 0.29) is 5.91 Å². The molecule has 0 saturated carbocycles. The van der Waals surface area contributed by atoms with Crippen LogP contribution < -0.4 is 5.32 Å². The van der Waals surface area contributed by atoms with E-state index in [0.717, 1.165) is 71.5 Å². The van der Waals surface area contributed by atoms with Crippen molar-refractivity contribution in [3.8, 4) is 0 Å². The summed E-state index contributed by atoms with van der Waals surface area (Å²) in [6, 6.07) is 7.13. The molecule has 2 rings (SSSR count). The van der Waals surface area contributed by atoms with E-state index in [2.05, 4.69) is 11.9 Å². The van der Waals surface area contributed by atoms with E-state index in [4.69, 9.17) is 16.3 Å². The molecule has 1 heterocycles. The van der Waals surface area contributed by atoms with Crippen LogP contribution in [0.2, 0.25) is 5.02 Å². The van der Waals surface area contributed by atoms with Crippen molar-refractivity contribution >= 4 is 17.5 Å². The molecule has 1 aromatic rings. The highest BCUT2D eigenvalue weighted by molar-refractivity contribution is 6.30. The predicted octanol–water partition coefficient (Wildman–Crippen LogP) is 4.15. The quantitative estimate of drug-likeness (QED) is 0.464. The molecular formula is C21H31ClN2O2. The molecule has 1 aromatic carbocycles. The van der Waals surface area contributed by atoms with E-state index in [9.17, 15) is 4.79 Å². The fourth-order valence-electron chi connectivity index (χ4n) is 3.11. The van der Waals surface area contributed by atoms with Gasteiger partial charge in [-0.3, -0.25) is 4.79 Å². The molecule has 1 aliphatic rings. The van der Waals surface area contributed by atoms with Gasteiger partial charge in [-0.15, -0.1) is 6.58 Å². The van der Waals surface area contributed by atoms with Gasteiger partial charge in [-0.05, 0) is 75.4 Å². The standard InChI is InChI=1S/C21H31ClN2O2/c1-2-3-12-23-13-4-5-16-26-17-18-10-14-24(15-11-18)21(25)19-6-8-20(22)9-7-19/h2,6-9,18,23H,1,3-5,10-17H2. The number of ether oxygens (including phenoxy) is 1. The van der Waals surface area contributed by atoms with Gasteiger partial charge in [-0.1, -0.05) is 17.7 Å². The molecule has 144 valence electrons. The number of piperidine rings is 1. The molecule has 1 saturated heterocycles. The molecule has 1 fully saturated rings. The summed E-state index contributed by atoms with van der Waals surface area (Å²) in [6.07, 6.45) is 7.23. The van der Waals surface area contributed by atoms with Gasteiger partial charge in [-0.2, -0.15) is 0 Å². The number of hydrogen-bond acceptors (Lipinski definition) is 3. The highest BCUT2D eigenvalue weighted by Gasteiger charge is 2.23. The van der Waals surface area contributed by atoms with Crippen LogP contribution in [0.5, 0.6) is 0 Å². The van der Waals surface area contributed by atoms with E-state index in [1.54, 1.807) is 24.3 Å². The Kier molecular flexibility index (Phi) is 9.75. The Morgan fingerprint density at radius 3 is 2.65 bits per heavy atom. The van der Waals surface area contributed by atoms with Crippen LogP contribution in [0.25, 0.3) is 0 Å². The van der Waals surface area contributed by atoms with Crippen molar-refractivity contribution in [1.29, 1.82) is 0 Å². The third-order valence-electron chi connectivity index (χ3n) is 4.76. The number of nitrogens with zero attached hydrogens (tertiary/aromatic N) is 1. The number of benzene rings is 1. The zero-order valence-electron chi connectivity index (χ0n) is 15.6. The molecular weight excluding hydrogens is 348 g/mol. The summed E-state index contributed by atoms with van der Waals surface area (Å²) in [4.78, 5) is 14.4. The number of likely N-dealkylation sites (tertiary alicyclic amines) is 1. The summed E-state index contributed by atoms with van der Waals surface area (Å²) in [7, 11) is 0. The van der Waals surface area contributed by atoms with E-state index in [1.165, 1.54) is 0 Å². The number of halogens is 1. The second-order valence-electron chi connectivity index (χ2n) is 6.85. The van der Waals surface area contributed by atoms with Crippen LogP contribution in [0.15, 0.2) is 36.9 Å². The van der Waals surface area contributed by atoms with Crippen LogP contribution >= 0.6 is 11.6 Å². The lowest BCUT2D eigenvalue weighted by Gasteiger charge is -2.32. The largest absolute Gasteiger partial charge is 0.381 e. The first kappa shape index (κ1) is 20.9. The molecule has 26 heavy (non-hydrogen) atoms. The minimum absolute atomic E-state index is 0.102. The average molecular weight is 379 g/mol. The van der Waals surface area contributed by atoms with Crippen molar-refractivity contribution in [1.82, 2.24) is 10.2 Å². The first-order valence-corrected chi connectivity index (χ1v) is 10.0. The Morgan fingerprint density at radius 2 is 1.96 bits per heavy atom. The average Bonchev–Trinajstić information content (AvgIpc) is 2.67. The summed E-state index contributed by atoms with van der Waals surface area (Å²) in [5.74, 6) is 0.667. The Bertz CT molecular complexity index is 539. The zero-order chi connectivity index (χ0) is 18.6. The Balaban J connectivity index is 1.54. The first-order chi connectivity index (χ1) is 12.7. The van der Waals surface area contributed by atoms with Crippen molar-refractivity contribution in [3.63, 3.8) is 0 Å². The van der Waals surface area contributed by atoms with Gasteiger partial charge in [0.1, 0.15) is 0 Å². The van der Waals surface area contributed by atoms with Gasteiger partial charge in [0.2, 0.25) is 0 Å². The van der Waals surface area contributed by atoms with Crippen LogP contribution in [-0.4, -0.2) is 50.2 Å². The summed E-state index contributed by atoms with van der Waals surface area (Å²) in [6.45, 7) is 9.02. The van der Waals surface area contributed by atoms with Gasteiger partial charge in [0.25, 0.3) is 5.91 Å². The van der Waals surface area contributed by atoms with Crippen molar-refractivity contribution in [2.75, 3.05) is 39.4 Å². The van der Waals surface area contributed by atoms with Gasteiger partial charge in [0.05, 0.1) is 0 Å². The smallest absolute Gasteiger partial charge is 0.253 e. The highest BCUT2D eigenvalue weighted by atomic mass is 35.5. The second-order valence-corrected chi connectivity index (χ2v) is 7.29. The molecule has 4 nitrogen and oxygen atoms in total. The Hall–Kier alpha value is -1.36. The first-order valence-electron chi connectivity index (χ1n) is 9.65. The van der Waals surface area contributed by atoms with Crippen molar-refractivity contribution in [2.24, 2.45) is 5.92 Å². The second kappa shape index (κ2) is 12.1. The van der Waals surface area contributed by atoms with Gasteiger partial charge < -0.3 is 15.0 Å². The molecule has 1 N–H and O–H groups in total. The predicted molar refractivity (Wildman–Crippen MR) is 108 cm³/mol. The Labute approximate surface area is 162 Å². The van der Waals surface area contributed by atoms with Crippen LogP contribution in [0.1, 0.15) is 42.5 Å². The van der Waals surface area contributed by atoms with E-state index in [1.807, 2.05) is 11.0 Å². The summed E-state index contributed by atoms with van der Waals surface area (Å²) >= 11 is 5.88. The van der Waals surface area contributed by atoms with E-state index in [0.29, 0.717) is 16.5 Å². The SMILES string of the molecule is C=CCCNCCCCOCC1CCN(C(=O)c2ccc(Cl)cc2)CC1. The number of carbonyl (C=O) groups excluding carboxylic acids is 1. The van der Waals surface area contributed by atoms with Gasteiger partial charge in [0, 0.05) is 36.9 Å². The van der Waals surface area contributed by atoms with Crippen molar-refractivity contribution < 1.29 is 9.53 Å². The molecule has 0 spiro atoms. The highest BCUT2D eigenvalue weighted by Crippen LogP contribution is 2.20. The Morgan fingerprint density at radius 1 is 1.23 bits per heavy atom. The molecule has 0 unspecified atom stereocenters. The molecule has 5 heteroatoms. The fraction of sp³-hybridized carbons (Fsp3) is 0.571. The van der Waals surface area contributed by atoms with Crippen LogP contribution in [0.3, 0.4) is 0 Å². The molecule has 0 atom stereocenters.